The van der Waals surface area contributed by atoms with E-state index in [2.05, 4.69) is 54.4 Å². The van der Waals surface area contributed by atoms with Crippen molar-refractivity contribution >= 4 is 21.8 Å². The quantitative estimate of drug-likeness (QED) is 0.409. The lowest BCUT2D eigenvalue weighted by Crippen LogP contribution is -1.86. The van der Waals surface area contributed by atoms with E-state index in [0.717, 1.165) is 0 Å². The molecule has 0 amide bonds. The van der Waals surface area contributed by atoms with Crippen LogP contribution < -0.4 is 0 Å². The maximum atomic E-state index is 3.51. The van der Waals surface area contributed by atoms with Crippen molar-refractivity contribution in [3.63, 3.8) is 0 Å². The van der Waals surface area contributed by atoms with Gasteiger partial charge in [-0.05, 0) is 36.6 Å². The van der Waals surface area contributed by atoms with Gasteiger partial charge in [0.15, 0.2) is 0 Å². The number of unbranched alkanes of at least 4 members (excludes halogenated alkanes) is 7. The van der Waals surface area contributed by atoms with Crippen LogP contribution in [-0.2, 0) is 6.42 Å². The molecule has 1 heterocycles. The minimum absolute atomic E-state index is 1.21. The highest BCUT2D eigenvalue weighted by atomic mass is 14.7. The highest BCUT2D eigenvalue weighted by molar-refractivity contribution is 6.07. The van der Waals surface area contributed by atoms with Crippen molar-refractivity contribution in [1.82, 2.24) is 4.98 Å². The number of rotatable bonds is 9. The third kappa shape index (κ3) is 4.16. The van der Waals surface area contributed by atoms with Gasteiger partial charge < -0.3 is 4.98 Å². The molecule has 0 aliphatic heterocycles. The van der Waals surface area contributed by atoms with Crippen LogP contribution in [0.4, 0.5) is 0 Å². The smallest absolute Gasteiger partial charge is 0.0465 e. The van der Waals surface area contributed by atoms with Gasteiger partial charge in [-0.15, -0.1) is 0 Å². The summed E-state index contributed by atoms with van der Waals surface area (Å²) in [6, 6.07) is 15.5. The summed E-state index contributed by atoms with van der Waals surface area (Å²) in [6.45, 7) is 2.28. The minimum Gasteiger partial charge on any atom is -0.355 e. The second-order valence-electron chi connectivity index (χ2n) is 6.78. The number of fused-ring (bicyclic) bond motifs is 3. The molecule has 0 aliphatic carbocycles. The lowest BCUT2D eigenvalue weighted by Gasteiger charge is -2.03. The summed E-state index contributed by atoms with van der Waals surface area (Å²) in [5, 5.41) is 2.72. The first-order chi connectivity index (χ1) is 11.4. The average molecular weight is 307 g/mol. The molecule has 0 atom stereocenters. The van der Waals surface area contributed by atoms with Gasteiger partial charge in [0, 0.05) is 21.8 Å². The summed E-state index contributed by atoms with van der Waals surface area (Å²) in [6.07, 6.45) is 12.3. The molecule has 2 aromatic carbocycles. The fourth-order valence-electron chi connectivity index (χ4n) is 3.51. The van der Waals surface area contributed by atoms with Crippen molar-refractivity contribution in [2.24, 2.45) is 0 Å². The average Bonchev–Trinajstić information content (AvgIpc) is 2.95. The molecule has 1 aromatic heterocycles. The first-order valence-electron chi connectivity index (χ1n) is 9.38. The molecule has 0 bridgehead atoms. The van der Waals surface area contributed by atoms with Crippen LogP contribution in [0.25, 0.3) is 21.8 Å². The van der Waals surface area contributed by atoms with Gasteiger partial charge in [0.2, 0.25) is 0 Å². The lowest BCUT2D eigenvalue weighted by atomic mass is 10.0. The van der Waals surface area contributed by atoms with Crippen LogP contribution in [0.3, 0.4) is 0 Å². The molecule has 1 heteroatoms. The van der Waals surface area contributed by atoms with Gasteiger partial charge in [-0.25, -0.2) is 0 Å². The maximum absolute atomic E-state index is 3.51. The summed E-state index contributed by atoms with van der Waals surface area (Å²) in [4.78, 5) is 3.51. The molecule has 0 aliphatic rings. The maximum Gasteiger partial charge on any atom is 0.0465 e. The Morgan fingerprint density at radius 3 is 2.22 bits per heavy atom. The van der Waals surface area contributed by atoms with Gasteiger partial charge in [0.25, 0.3) is 0 Å². The van der Waals surface area contributed by atoms with Gasteiger partial charge >= 0.3 is 0 Å². The topological polar surface area (TPSA) is 15.8 Å². The van der Waals surface area contributed by atoms with Crippen molar-refractivity contribution < 1.29 is 0 Å². The standard InChI is InChI=1S/C22H29N/c1-2-3-4-5-6-7-8-9-12-18-15-16-22-20(17-18)19-13-10-11-14-21(19)23-22/h10-11,13-17,23H,2-9,12H2,1H3. The third-order valence-electron chi connectivity index (χ3n) is 4.89. The molecule has 0 saturated heterocycles. The fourth-order valence-corrected chi connectivity index (χ4v) is 3.51. The van der Waals surface area contributed by atoms with Crippen LogP contribution in [-0.4, -0.2) is 4.98 Å². The third-order valence-corrected chi connectivity index (χ3v) is 4.89. The van der Waals surface area contributed by atoms with Crippen LogP contribution in [0, 0.1) is 0 Å². The van der Waals surface area contributed by atoms with Gasteiger partial charge in [-0.3, -0.25) is 0 Å². The molecule has 0 spiro atoms. The fraction of sp³-hybridized carbons (Fsp3) is 0.455. The number of benzene rings is 2. The summed E-state index contributed by atoms with van der Waals surface area (Å²) in [7, 11) is 0. The van der Waals surface area contributed by atoms with E-state index in [4.69, 9.17) is 0 Å². The van der Waals surface area contributed by atoms with Crippen LogP contribution in [0.15, 0.2) is 42.5 Å². The Balaban J connectivity index is 1.51. The number of aromatic nitrogens is 1. The molecule has 23 heavy (non-hydrogen) atoms. The Hall–Kier alpha value is -1.76. The zero-order chi connectivity index (χ0) is 15.9. The second kappa shape index (κ2) is 8.19. The molecule has 1 nitrogen and oxygen atoms in total. The number of hydrogen-bond acceptors (Lipinski definition) is 0. The zero-order valence-corrected chi connectivity index (χ0v) is 14.4. The molecule has 122 valence electrons. The van der Waals surface area contributed by atoms with E-state index in [9.17, 15) is 0 Å². The van der Waals surface area contributed by atoms with Gasteiger partial charge in [0.05, 0.1) is 0 Å². The van der Waals surface area contributed by atoms with E-state index >= 15 is 0 Å². The monoisotopic (exact) mass is 307 g/mol. The SMILES string of the molecule is CCCCCCCCCCc1ccc2[nH]c3ccccc3c2c1. The Labute approximate surface area is 140 Å². The van der Waals surface area contributed by atoms with Gasteiger partial charge in [-0.2, -0.15) is 0 Å². The van der Waals surface area contributed by atoms with Crippen LogP contribution >= 0.6 is 0 Å². The highest BCUT2D eigenvalue weighted by Gasteiger charge is 2.04. The predicted octanol–water partition coefficient (Wildman–Crippen LogP) is 7.00. The molecule has 0 unspecified atom stereocenters. The summed E-state index contributed by atoms with van der Waals surface area (Å²) in [5.41, 5.74) is 3.98. The number of aryl methyl sites for hydroxylation is 1. The molecular weight excluding hydrogens is 278 g/mol. The second-order valence-corrected chi connectivity index (χ2v) is 6.78. The van der Waals surface area contributed by atoms with Crippen molar-refractivity contribution in [3.8, 4) is 0 Å². The number of aromatic amines is 1. The minimum atomic E-state index is 1.21. The molecule has 0 saturated carbocycles. The van der Waals surface area contributed by atoms with E-state index in [1.807, 2.05) is 0 Å². The highest BCUT2D eigenvalue weighted by Crippen LogP contribution is 2.26. The number of hydrogen-bond donors (Lipinski definition) is 1. The van der Waals surface area contributed by atoms with Crippen LogP contribution in [0.5, 0.6) is 0 Å². The van der Waals surface area contributed by atoms with Gasteiger partial charge in [-0.1, -0.05) is 76.1 Å². The summed E-state index contributed by atoms with van der Waals surface area (Å²) >= 11 is 0. The number of nitrogens with one attached hydrogen (secondary N) is 1. The van der Waals surface area contributed by atoms with Crippen molar-refractivity contribution in [2.45, 2.75) is 64.7 Å². The lowest BCUT2D eigenvalue weighted by molar-refractivity contribution is 0.575. The molecule has 1 N–H and O–H groups in total. The van der Waals surface area contributed by atoms with E-state index in [0.29, 0.717) is 0 Å². The van der Waals surface area contributed by atoms with Gasteiger partial charge in [0.1, 0.15) is 0 Å². The Morgan fingerprint density at radius 1 is 0.696 bits per heavy atom. The summed E-state index contributed by atoms with van der Waals surface area (Å²) < 4.78 is 0. The molecular formula is C22H29N. The van der Waals surface area contributed by atoms with Crippen molar-refractivity contribution in [1.29, 1.82) is 0 Å². The number of para-hydroxylation sites is 1. The largest absolute Gasteiger partial charge is 0.355 e. The number of H-pyrrole nitrogens is 1. The van der Waals surface area contributed by atoms with E-state index in [-0.39, 0.29) is 0 Å². The first kappa shape index (κ1) is 16.1. The van der Waals surface area contributed by atoms with Crippen LogP contribution in [0.2, 0.25) is 0 Å². The first-order valence-corrected chi connectivity index (χ1v) is 9.38. The van der Waals surface area contributed by atoms with Crippen molar-refractivity contribution in [2.75, 3.05) is 0 Å². The Kier molecular flexibility index (Phi) is 5.74. The van der Waals surface area contributed by atoms with E-state index in [1.165, 1.54) is 85.2 Å². The van der Waals surface area contributed by atoms with Crippen molar-refractivity contribution in [3.05, 3.63) is 48.0 Å². The normalized spacial score (nSPS) is 11.5. The van der Waals surface area contributed by atoms with E-state index in [1.54, 1.807) is 0 Å². The molecule has 3 rings (SSSR count). The Morgan fingerprint density at radius 2 is 1.39 bits per heavy atom. The summed E-state index contributed by atoms with van der Waals surface area (Å²) in [5.74, 6) is 0. The molecule has 3 aromatic rings. The van der Waals surface area contributed by atoms with Crippen LogP contribution in [0.1, 0.15) is 63.9 Å². The molecule has 0 radical (unpaired) electrons. The predicted molar refractivity (Wildman–Crippen MR) is 102 cm³/mol. The Bertz CT molecular complexity index is 738. The van der Waals surface area contributed by atoms with E-state index < -0.39 is 0 Å². The zero-order valence-electron chi connectivity index (χ0n) is 14.4. The molecule has 0 fully saturated rings.